The first kappa shape index (κ1) is 16.3. The summed E-state index contributed by atoms with van der Waals surface area (Å²) in [6.07, 6.45) is 2.49. The lowest BCUT2D eigenvalue weighted by molar-refractivity contribution is 0.237. The van der Waals surface area contributed by atoms with Gasteiger partial charge in [0, 0.05) is 25.7 Å². The van der Waals surface area contributed by atoms with Crippen molar-refractivity contribution >= 4 is 11.7 Å². The molecule has 1 aromatic heterocycles. The predicted octanol–water partition coefficient (Wildman–Crippen LogP) is 2.54. The largest absolute Gasteiger partial charge is 0.372 e. The number of carbonyl (C=O) groups is 1. The van der Waals surface area contributed by atoms with Crippen molar-refractivity contribution in [1.82, 2.24) is 20.8 Å². The predicted molar refractivity (Wildman–Crippen MR) is 90.7 cm³/mol. The molecule has 2 heterocycles. The minimum atomic E-state index is -0.253. The number of nitrogens with zero attached hydrogens (tertiary/aromatic N) is 3. The van der Waals surface area contributed by atoms with E-state index in [0.29, 0.717) is 11.7 Å². The summed E-state index contributed by atoms with van der Waals surface area (Å²) in [7, 11) is 0. The molecule has 1 saturated heterocycles. The molecule has 1 aliphatic rings. The number of anilines is 1. The molecule has 0 aliphatic carbocycles. The molecule has 1 aromatic carbocycles. The second-order valence-corrected chi connectivity index (χ2v) is 6.07. The maximum atomic E-state index is 12.0. The number of hydrogen-bond donors (Lipinski definition) is 2. The Morgan fingerprint density at radius 1 is 1.38 bits per heavy atom. The van der Waals surface area contributed by atoms with Gasteiger partial charge in [-0.05, 0) is 37.5 Å². The highest BCUT2D eigenvalue weighted by atomic mass is 16.5. The molecule has 3 rings (SSSR count). The highest BCUT2D eigenvalue weighted by Crippen LogP contribution is 2.23. The quantitative estimate of drug-likeness (QED) is 0.881. The Morgan fingerprint density at radius 3 is 2.88 bits per heavy atom. The van der Waals surface area contributed by atoms with Gasteiger partial charge in [-0.3, -0.25) is 0 Å². The van der Waals surface area contributed by atoms with Crippen LogP contribution in [0.5, 0.6) is 0 Å². The third kappa shape index (κ3) is 4.04. The number of carbonyl (C=O) groups excluding carboxylic acids is 1. The van der Waals surface area contributed by atoms with Gasteiger partial charge in [-0.25, -0.2) is 4.79 Å². The summed E-state index contributed by atoms with van der Waals surface area (Å²) >= 11 is 0. The van der Waals surface area contributed by atoms with Crippen molar-refractivity contribution in [3.8, 4) is 0 Å². The molecule has 2 amide bonds. The van der Waals surface area contributed by atoms with Crippen LogP contribution in [0.25, 0.3) is 0 Å². The van der Waals surface area contributed by atoms with Gasteiger partial charge in [0.25, 0.3) is 0 Å². The number of aromatic nitrogens is 2. The zero-order valence-corrected chi connectivity index (χ0v) is 14.1. The van der Waals surface area contributed by atoms with E-state index in [1.165, 1.54) is 18.5 Å². The molecular formula is C17H23N5O2. The molecule has 0 bridgehead atoms. The summed E-state index contributed by atoms with van der Waals surface area (Å²) in [5, 5.41) is 9.42. The Balaban J connectivity index is 1.54. The van der Waals surface area contributed by atoms with Crippen molar-refractivity contribution in [2.45, 2.75) is 39.3 Å². The van der Waals surface area contributed by atoms with Crippen LogP contribution in [0, 0.1) is 6.92 Å². The lowest BCUT2D eigenvalue weighted by atomic mass is 10.1. The Hall–Kier alpha value is -2.57. The minimum absolute atomic E-state index is 0.0837. The third-order valence-corrected chi connectivity index (χ3v) is 4.17. The van der Waals surface area contributed by atoms with Crippen LogP contribution in [0.4, 0.5) is 10.5 Å². The van der Waals surface area contributed by atoms with Gasteiger partial charge in [0.2, 0.25) is 5.89 Å². The Kier molecular flexibility index (Phi) is 4.98. The average Bonchev–Trinajstić information content (AvgIpc) is 3.24. The molecule has 7 nitrogen and oxygen atoms in total. The van der Waals surface area contributed by atoms with E-state index in [4.69, 9.17) is 4.52 Å². The number of hydrogen-bond acceptors (Lipinski definition) is 5. The Morgan fingerprint density at radius 2 is 2.17 bits per heavy atom. The maximum absolute atomic E-state index is 12.0. The number of urea groups is 1. The lowest BCUT2D eigenvalue weighted by Gasteiger charge is -2.20. The molecule has 0 saturated carbocycles. The molecule has 0 unspecified atom stereocenters. The van der Waals surface area contributed by atoms with Crippen molar-refractivity contribution in [2.24, 2.45) is 0 Å². The fourth-order valence-electron chi connectivity index (χ4n) is 2.87. The van der Waals surface area contributed by atoms with Crippen LogP contribution in [-0.4, -0.2) is 29.3 Å². The van der Waals surface area contributed by atoms with E-state index < -0.39 is 0 Å². The zero-order chi connectivity index (χ0) is 16.9. The lowest BCUT2D eigenvalue weighted by Crippen LogP contribution is -2.36. The topological polar surface area (TPSA) is 83.3 Å². The van der Waals surface area contributed by atoms with Crippen molar-refractivity contribution < 1.29 is 9.32 Å². The van der Waals surface area contributed by atoms with Crippen molar-refractivity contribution in [2.75, 3.05) is 18.0 Å². The fraction of sp³-hybridized carbons (Fsp3) is 0.471. The molecule has 0 radical (unpaired) electrons. The van der Waals surface area contributed by atoms with Gasteiger partial charge < -0.3 is 20.1 Å². The van der Waals surface area contributed by atoms with Crippen LogP contribution in [0.2, 0.25) is 0 Å². The molecular weight excluding hydrogens is 306 g/mol. The highest BCUT2D eigenvalue weighted by molar-refractivity contribution is 5.74. The molecule has 1 aliphatic heterocycles. The van der Waals surface area contributed by atoms with Crippen LogP contribution in [0.3, 0.4) is 0 Å². The van der Waals surface area contributed by atoms with Crippen molar-refractivity contribution in [3.63, 3.8) is 0 Å². The SMILES string of the molecule is Cc1nc(CNC(=O)N[C@H](C)c2cccc(N3CCCC3)c2)no1. The van der Waals surface area contributed by atoms with E-state index in [1.807, 2.05) is 19.1 Å². The van der Waals surface area contributed by atoms with Crippen LogP contribution in [0.15, 0.2) is 28.8 Å². The summed E-state index contributed by atoms with van der Waals surface area (Å²) in [4.78, 5) is 18.5. The maximum Gasteiger partial charge on any atom is 0.315 e. The Labute approximate surface area is 141 Å². The van der Waals surface area contributed by atoms with Crippen LogP contribution in [0.1, 0.15) is 43.1 Å². The van der Waals surface area contributed by atoms with Crippen LogP contribution in [-0.2, 0) is 6.54 Å². The summed E-state index contributed by atoms with van der Waals surface area (Å²) < 4.78 is 4.87. The monoisotopic (exact) mass is 329 g/mol. The summed E-state index contributed by atoms with van der Waals surface area (Å²) in [5.41, 5.74) is 2.31. The van der Waals surface area contributed by atoms with E-state index in [1.54, 1.807) is 6.92 Å². The van der Waals surface area contributed by atoms with Gasteiger partial charge in [0.1, 0.15) is 0 Å². The summed E-state index contributed by atoms with van der Waals surface area (Å²) in [6, 6.07) is 8.02. The smallest absolute Gasteiger partial charge is 0.315 e. The van der Waals surface area contributed by atoms with Gasteiger partial charge in [0.05, 0.1) is 12.6 Å². The van der Waals surface area contributed by atoms with Gasteiger partial charge in [-0.1, -0.05) is 17.3 Å². The molecule has 24 heavy (non-hydrogen) atoms. The van der Waals surface area contributed by atoms with E-state index >= 15 is 0 Å². The first-order valence-corrected chi connectivity index (χ1v) is 8.30. The third-order valence-electron chi connectivity index (χ3n) is 4.17. The number of amides is 2. The summed E-state index contributed by atoms with van der Waals surface area (Å²) in [5.74, 6) is 0.950. The van der Waals surface area contributed by atoms with E-state index in [2.05, 4.69) is 37.8 Å². The van der Waals surface area contributed by atoms with Crippen molar-refractivity contribution in [3.05, 3.63) is 41.5 Å². The van der Waals surface area contributed by atoms with E-state index in [0.717, 1.165) is 18.7 Å². The first-order chi connectivity index (χ1) is 11.6. The molecule has 1 fully saturated rings. The molecule has 0 spiro atoms. The van der Waals surface area contributed by atoms with E-state index in [9.17, 15) is 4.79 Å². The first-order valence-electron chi connectivity index (χ1n) is 8.30. The highest BCUT2D eigenvalue weighted by Gasteiger charge is 2.15. The second-order valence-electron chi connectivity index (χ2n) is 6.07. The van der Waals surface area contributed by atoms with Crippen LogP contribution < -0.4 is 15.5 Å². The van der Waals surface area contributed by atoms with Gasteiger partial charge in [0.15, 0.2) is 5.82 Å². The number of aryl methyl sites for hydroxylation is 1. The van der Waals surface area contributed by atoms with E-state index in [-0.39, 0.29) is 18.6 Å². The standard InChI is InChI=1S/C17H23N5O2/c1-12(19-17(23)18-11-16-20-13(2)24-21-16)14-6-5-7-15(10-14)22-8-3-4-9-22/h5-7,10,12H,3-4,8-9,11H2,1-2H3,(H2,18,19,23)/t12-/m1/s1. The van der Waals surface area contributed by atoms with Crippen molar-refractivity contribution in [1.29, 1.82) is 0 Å². The molecule has 7 heteroatoms. The molecule has 2 N–H and O–H groups in total. The molecule has 128 valence electrons. The van der Waals surface area contributed by atoms with Gasteiger partial charge in [-0.2, -0.15) is 4.98 Å². The number of benzene rings is 1. The molecule has 2 aromatic rings. The van der Waals surface area contributed by atoms with Gasteiger partial charge >= 0.3 is 6.03 Å². The van der Waals surface area contributed by atoms with Gasteiger partial charge in [-0.15, -0.1) is 0 Å². The fourth-order valence-corrected chi connectivity index (χ4v) is 2.87. The average molecular weight is 329 g/mol. The Bertz CT molecular complexity index is 694. The second kappa shape index (κ2) is 7.33. The minimum Gasteiger partial charge on any atom is -0.372 e. The normalized spacial score (nSPS) is 15.3. The summed E-state index contributed by atoms with van der Waals surface area (Å²) in [6.45, 7) is 6.14. The van der Waals surface area contributed by atoms with Crippen LogP contribution >= 0.6 is 0 Å². The number of nitrogens with one attached hydrogen (secondary N) is 2. The zero-order valence-electron chi connectivity index (χ0n) is 14.1. The molecule has 1 atom stereocenters. The number of rotatable bonds is 5.